The Morgan fingerprint density at radius 2 is 1.81 bits per heavy atom. The standard InChI is InChI=1S/C17H22N2O2S4.C2H4/c1-3-7-12-8-5-6-9-13(12)17(20,10-4-2)21-14(25-16(19)23)11-24-15(18)22;1-2/h3-6,8-9,14,20H,1-2,7,10-11H2,(H2,18,22)(H2,19,23);1-2H2. The molecule has 0 amide bonds. The largest absolute Gasteiger partial charge is 0.385 e. The minimum absolute atomic E-state index is 0.202. The summed E-state index contributed by atoms with van der Waals surface area (Å²) in [6.45, 7) is 13.5. The fourth-order valence-corrected chi connectivity index (χ4v) is 4.08. The zero-order valence-electron chi connectivity index (χ0n) is 15.1. The number of aliphatic hydroxyl groups is 1. The highest BCUT2D eigenvalue weighted by Crippen LogP contribution is 2.35. The molecule has 1 aromatic carbocycles. The normalized spacial score (nSPS) is 13.4. The number of hydrogen-bond donors (Lipinski definition) is 3. The Hall–Kier alpha value is -1.16. The quantitative estimate of drug-likeness (QED) is 0.282. The van der Waals surface area contributed by atoms with Gasteiger partial charge in [0.15, 0.2) is 5.79 Å². The lowest BCUT2D eigenvalue weighted by molar-refractivity contribution is -0.214. The van der Waals surface area contributed by atoms with Gasteiger partial charge in [-0.3, -0.25) is 0 Å². The van der Waals surface area contributed by atoms with Gasteiger partial charge in [-0.2, -0.15) is 0 Å². The van der Waals surface area contributed by atoms with E-state index in [9.17, 15) is 5.11 Å². The Bertz CT molecular complexity index is 654. The van der Waals surface area contributed by atoms with Crippen LogP contribution >= 0.6 is 48.0 Å². The lowest BCUT2D eigenvalue weighted by Crippen LogP contribution is -2.35. The highest BCUT2D eigenvalue weighted by Gasteiger charge is 2.34. The van der Waals surface area contributed by atoms with Crippen molar-refractivity contribution in [2.45, 2.75) is 24.1 Å². The summed E-state index contributed by atoms with van der Waals surface area (Å²) in [7, 11) is 0. The minimum atomic E-state index is -1.57. The van der Waals surface area contributed by atoms with Gasteiger partial charge in [0.25, 0.3) is 0 Å². The summed E-state index contributed by atoms with van der Waals surface area (Å²) in [6, 6.07) is 7.50. The predicted octanol–water partition coefficient (Wildman–Crippen LogP) is 4.23. The molecule has 0 bridgehead atoms. The first-order valence-electron chi connectivity index (χ1n) is 7.91. The molecule has 1 rings (SSSR count). The third-order valence-corrected chi connectivity index (χ3v) is 5.52. The van der Waals surface area contributed by atoms with Crippen molar-refractivity contribution in [2.75, 3.05) is 5.75 Å². The number of thioether (sulfide) groups is 2. The van der Waals surface area contributed by atoms with Crippen LogP contribution in [-0.2, 0) is 16.9 Å². The van der Waals surface area contributed by atoms with E-state index >= 15 is 0 Å². The molecule has 5 N–H and O–H groups in total. The van der Waals surface area contributed by atoms with Crippen molar-refractivity contribution in [3.63, 3.8) is 0 Å². The summed E-state index contributed by atoms with van der Waals surface area (Å²) in [5.41, 5.74) is 12.2. The zero-order valence-corrected chi connectivity index (χ0v) is 18.4. The summed E-state index contributed by atoms with van der Waals surface area (Å²) in [5, 5.41) is 11.2. The van der Waals surface area contributed by atoms with E-state index in [-0.39, 0.29) is 15.1 Å². The molecule has 2 unspecified atom stereocenters. The van der Waals surface area contributed by atoms with Gasteiger partial charge >= 0.3 is 0 Å². The number of nitrogens with two attached hydrogens (primary N) is 2. The van der Waals surface area contributed by atoms with Crippen molar-refractivity contribution in [3.05, 3.63) is 73.9 Å². The Morgan fingerprint density at radius 1 is 1.19 bits per heavy atom. The van der Waals surface area contributed by atoms with Gasteiger partial charge in [-0.05, 0) is 12.0 Å². The second kappa shape index (κ2) is 13.9. The van der Waals surface area contributed by atoms with Crippen LogP contribution in [0.5, 0.6) is 0 Å². The van der Waals surface area contributed by atoms with E-state index in [1.54, 1.807) is 12.2 Å². The van der Waals surface area contributed by atoms with Crippen molar-refractivity contribution in [1.82, 2.24) is 0 Å². The van der Waals surface area contributed by atoms with Crippen molar-refractivity contribution in [3.8, 4) is 0 Å². The van der Waals surface area contributed by atoms with Crippen molar-refractivity contribution >= 4 is 56.6 Å². The molecular formula is C19H26N2O2S4. The van der Waals surface area contributed by atoms with E-state index in [2.05, 4.69) is 26.3 Å². The molecule has 0 saturated carbocycles. The number of thiocarbonyl (C=S) groups is 2. The molecule has 0 aliphatic carbocycles. The molecule has 27 heavy (non-hydrogen) atoms. The van der Waals surface area contributed by atoms with Gasteiger partial charge in [0, 0.05) is 17.7 Å². The van der Waals surface area contributed by atoms with Crippen molar-refractivity contribution in [1.29, 1.82) is 0 Å². The third-order valence-electron chi connectivity index (χ3n) is 3.16. The van der Waals surface area contributed by atoms with Gasteiger partial charge < -0.3 is 21.3 Å². The molecule has 0 heterocycles. The summed E-state index contributed by atoms with van der Waals surface area (Å²) in [5.74, 6) is -1.17. The van der Waals surface area contributed by atoms with Crippen LogP contribution < -0.4 is 11.5 Å². The molecule has 0 saturated heterocycles. The van der Waals surface area contributed by atoms with Crippen LogP contribution in [0.4, 0.5) is 0 Å². The number of benzene rings is 1. The summed E-state index contributed by atoms with van der Waals surface area (Å²) in [4.78, 5) is 0. The monoisotopic (exact) mass is 442 g/mol. The van der Waals surface area contributed by atoms with E-state index in [1.165, 1.54) is 11.8 Å². The van der Waals surface area contributed by atoms with Crippen LogP contribution in [0.3, 0.4) is 0 Å². The Labute approximate surface area is 181 Å². The Balaban J connectivity index is 0.00000326. The molecule has 0 spiro atoms. The average molecular weight is 443 g/mol. The van der Waals surface area contributed by atoms with Gasteiger partial charge in [0.05, 0.1) is 0 Å². The number of ether oxygens (including phenoxy) is 1. The topological polar surface area (TPSA) is 81.5 Å². The van der Waals surface area contributed by atoms with Gasteiger partial charge in [-0.15, -0.1) is 26.3 Å². The lowest BCUT2D eigenvalue weighted by Gasteiger charge is -2.33. The second-order valence-corrected chi connectivity index (χ2v) is 8.70. The van der Waals surface area contributed by atoms with Crippen LogP contribution in [0.2, 0.25) is 0 Å². The van der Waals surface area contributed by atoms with Crippen LogP contribution in [0.1, 0.15) is 17.5 Å². The van der Waals surface area contributed by atoms with Gasteiger partial charge in [-0.25, -0.2) is 0 Å². The van der Waals surface area contributed by atoms with E-state index in [0.29, 0.717) is 17.7 Å². The van der Waals surface area contributed by atoms with E-state index in [4.69, 9.17) is 40.6 Å². The molecule has 0 aliphatic heterocycles. The molecule has 0 aliphatic rings. The first kappa shape index (κ1) is 25.8. The van der Waals surface area contributed by atoms with Crippen LogP contribution in [-0.4, -0.2) is 24.9 Å². The Kier molecular flexibility index (Phi) is 13.3. The number of rotatable bonds is 10. The summed E-state index contributed by atoms with van der Waals surface area (Å²) in [6.07, 6.45) is 4.19. The highest BCUT2D eigenvalue weighted by atomic mass is 32.2. The van der Waals surface area contributed by atoms with E-state index < -0.39 is 11.2 Å². The Morgan fingerprint density at radius 3 is 2.33 bits per heavy atom. The lowest BCUT2D eigenvalue weighted by atomic mass is 9.95. The summed E-state index contributed by atoms with van der Waals surface area (Å²) < 4.78 is 6.53. The molecule has 2 atom stereocenters. The predicted molar refractivity (Wildman–Crippen MR) is 129 cm³/mol. The fourth-order valence-electron chi connectivity index (χ4n) is 2.24. The van der Waals surface area contributed by atoms with E-state index in [1.807, 2.05) is 24.3 Å². The van der Waals surface area contributed by atoms with Crippen LogP contribution in [0.15, 0.2) is 62.7 Å². The highest BCUT2D eigenvalue weighted by molar-refractivity contribution is 8.25. The maximum atomic E-state index is 11.2. The SMILES string of the molecule is C=C.C=CCc1ccccc1C(O)(CC=C)OC(CSC(N)=S)SC(N)=S. The summed E-state index contributed by atoms with van der Waals surface area (Å²) >= 11 is 12.2. The number of allylic oxidation sites excluding steroid dienone is 1. The molecule has 1 aromatic rings. The molecule has 4 nitrogen and oxygen atoms in total. The maximum Gasteiger partial charge on any atom is 0.197 e. The maximum absolute atomic E-state index is 11.2. The average Bonchev–Trinajstić information content (AvgIpc) is 2.62. The smallest absolute Gasteiger partial charge is 0.197 e. The molecule has 8 heteroatoms. The van der Waals surface area contributed by atoms with Gasteiger partial charge in [0.2, 0.25) is 0 Å². The molecule has 0 radical (unpaired) electrons. The number of hydrogen-bond acceptors (Lipinski definition) is 6. The fraction of sp³-hybridized carbons (Fsp3) is 0.263. The minimum Gasteiger partial charge on any atom is -0.385 e. The van der Waals surface area contributed by atoms with Crippen molar-refractivity contribution < 1.29 is 9.84 Å². The molecule has 0 aromatic heterocycles. The van der Waals surface area contributed by atoms with Crippen molar-refractivity contribution in [2.24, 2.45) is 11.5 Å². The molecular weight excluding hydrogens is 416 g/mol. The zero-order chi connectivity index (χ0) is 20.9. The first-order chi connectivity index (χ1) is 12.8. The van der Waals surface area contributed by atoms with E-state index in [0.717, 1.165) is 17.3 Å². The third kappa shape index (κ3) is 9.55. The van der Waals surface area contributed by atoms with Gasteiger partial charge in [0.1, 0.15) is 14.1 Å². The van der Waals surface area contributed by atoms with Crippen LogP contribution in [0.25, 0.3) is 0 Å². The molecule has 0 fully saturated rings. The first-order valence-corrected chi connectivity index (χ1v) is 10.6. The molecule has 148 valence electrons. The van der Waals surface area contributed by atoms with Crippen LogP contribution in [0, 0.1) is 0 Å². The second-order valence-electron chi connectivity index (χ2n) is 5.04. The van der Waals surface area contributed by atoms with Gasteiger partial charge in [-0.1, -0.05) is 84.4 Å².